The van der Waals surface area contributed by atoms with E-state index in [2.05, 4.69) is 0 Å². The largest absolute Gasteiger partial charge is 0.484 e. The number of hydrogen-bond donors (Lipinski definition) is 1. The molecule has 0 unspecified atom stereocenters. The number of carbonyl (C=O) groups excluding carboxylic acids is 1. The third-order valence-corrected chi connectivity index (χ3v) is 4.44. The maximum atomic E-state index is 11.8. The lowest BCUT2D eigenvalue weighted by Crippen LogP contribution is -2.46. The van der Waals surface area contributed by atoms with Crippen molar-refractivity contribution in [2.75, 3.05) is 0 Å². The van der Waals surface area contributed by atoms with Crippen LogP contribution >= 0.6 is 0 Å². The van der Waals surface area contributed by atoms with Crippen LogP contribution in [0.5, 0.6) is 5.75 Å². The summed E-state index contributed by atoms with van der Waals surface area (Å²) in [5.74, 6) is 0.758. The van der Waals surface area contributed by atoms with Gasteiger partial charge in [-0.25, -0.2) is 0 Å². The first-order valence-electron chi connectivity index (χ1n) is 8.15. The van der Waals surface area contributed by atoms with Crippen LogP contribution in [0.4, 0.5) is 0 Å². The van der Waals surface area contributed by atoms with Crippen molar-refractivity contribution in [3.05, 3.63) is 64.7 Å². The first-order valence-corrected chi connectivity index (χ1v) is 8.15. The lowest BCUT2D eigenvalue weighted by Gasteiger charge is -2.38. The number of rotatable bonds is 3. The molecular weight excluding hydrogens is 300 g/mol. The highest BCUT2D eigenvalue weighted by Crippen LogP contribution is 2.38. The Labute approximate surface area is 142 Å². The van der Waals surface area contributed by atoms with Gasteiger partial charge in [-0.3, -0.25) is 4.79 Å². The van der Waals surface area contributed by atoms with E-state index in [1.165, 1.54) is 0 Å². The smallest absolute Gasteiger partial charge is 0.159 e. The quantitative estimate of drug-likeness (QED) is 0.682. The molecule has 0 saturated heterocycles. The van der Waals surface area contributed by atoms with Crippen molar-refractivity contribution >= 4 is 17.9 Å². The summed E-state index contributed by atoms with van der Waals surface area (Å²) in [7, 11) is 0. The second kappa shape index (κ2) is 6.25. The Hall–Kier alpha value is -2.39. The topological polar surface area (TPSA) is 46.5 Å². The van der Waals surface area contributed by atoms with Gasteiger partial charge in [0.2, 0.25) is 0 Å². The molecule has 1 aliphatic heterocycles. The molecule has 2 aromatic carbocycles. The number of hydrogen-bond acceptors (Lipinski definition) is 3. The van der Waals surface area contributed by atoms with E-state index in [4.69, 9.17) is 4.74 Å². The second-order valence-electron chi connectivity index (χ2n) is 6.78. The summed E-state index contributed by atoms with van der Waals surface area (Å²) in [6, 6.07) is 13.7. The zero-order valence-electron chi connectivity index (χ0n) is 14.2. The molecule has 0 bridgehead atoms. The predicted octanol–water partition coefficient (Wildman–Crippen LogP) is 4.13. The van der Waals surface area contributed by atoms with Gasteiger partial charge in [-0.1, -0.05) is 42.5 Å². The van der Waals surface area contributed by atoms with Crippen LogP contribution in [0, 0.1) is 0 Å². The summed E-state index contributed by atoms with van der Waals surface area (Å²) >= 11 is 0. The minimum Gasteiger partial charge on any atom is -0.484 e. The van der Waals surface area contributed by atoms with E-state index in [-0.39, 0.29) is 5.78 Å². The van der Waals surface area contributed by atoms with Gasteiger partial charge < -0.3 is 9.84 Å². The minimum absolute atomic E-state index is 0.00600. The molecule has 24 heavy (non-hydrogen) atoms. The fourth-order valence-corrected chi connectivity index (χ4v) is 2.85. The van der Waals surface area contributed by atoms with E-state index in [9.17, 15) is 9.90 Å². The Bertz CT molecular complexity index is 788. The first kappa shape index (κ1) is 16.5. The number of fused-ring (bicyclic) bond motifs is 1. The summed E-state index contributed by atoms with van der Waals surface area (Å²) < 4.78 is 6.07. The Kier molecular flexibility index (Phi) is 4.29. The molecule has 1 aliphatic rings. The molecule has 0 aromatic heterocycles. The van der Waals surface area contributed by atoms with Gasteiger partial charge in [0.05, 0.1) is 6.10 Å². The van der Waals surface area contributed by atoms with Crippen LogP contribution in [0.3, 0.4) is 0 Å². The molecule has 0 amide bonds. The Morgan fingerprint density at radius 1 is 1.21 bits per heavy atom. The Morgan fingerprint density at radius 3 is 2.58 bits per heavy atom. The van der Waals surface area contributed by atoms with Crippen LogP contribution in [0.1, 0.15) is 47.8 Å². The first-order chi connectivity index (χ1) is 11.4. The molecule has 124 valence electrons. The molecule has 2 aromatic rings. The van der Waals surface area contributed by atoms with Crippen molar-refractivity contribution in [3.8, 4) is 5.75 Å². The fourth-order valence-electron chi connectivity index (χ4n) is 2.85. The lowest BCUT2D eigenvalue weighted by atomic mass is 9.88. The normalized spacial score (nSPS) is 18.9. The molecule has 0 fully saturated rings. The molecular formula is C21H22O3. The molecule has 3 rings (SSSR count). The highest BCUT2D eigenvalue weighted by Gasteiger charge is 2.36. The second-order valence-corrected chi connectivity index (χ2v) is 6.78. The molecule has 1 atom stereocenters. The van der Waals surface area contributed by atoms with Gasteiger partial charge in [-0.2, -0.15) is 0 Å². The summed E-state index contributed by atoms with van der Waals surface area (Å²) in [5, 5.41) is 10.3. The van der Waals surface area contributed by atoms with Gasteiger partial charge >= 0.3 is 0 Å². The number of Topliss-reactive ketones (excluding diaryl/α,β-unsaturated/α-hetero) is 1. The number of ketones is 1. The van der Waals surface area contributed by atoms with E-state index < -0.39 is 11.7 Å². The molecule has 1 heterocycles. The van der Waals surface area contributed by atoms with Gasteiger partial charge in [0.25, 0.3) is 0 Å². The van der Waals surface area contributed by atoms with Gasteiger partial charge in [0.1, 0.15) is 11.4 Å². The third-order valence-electron chi connectivity index (χ3n) is 4.44. The molecule has 0 aliphatic carbocycles. The van der Waals surface area contributed by atoms with Crippen LogP contribution in [0.25, 0.3) is 12.2 Å². The molecule has 0 saturated carbocycles. The molecule has 0 spiro atoms. The summed E-state index contributed by atoms with van der Waals surface area (Å²) in [5.41, 5.74) is 2.80. The standard InChI is InChI=1S/C21H22O3/c1-14(22)17-11-16(10-9-15-7-5-4-6-8-15)20-18(12-17)13-19(23)21(2,3)24-20/h4-12,19,23H,13H2,1-3H3/b10-9+/t19-/m1/s1. The summed E-state index contributed by atoms with van der Waals surface area (Å²) in [6.07, 6.45) is 3.85. The van der Waals surface area contributed by atoms with Crippen LogP contribution in [-0.2, 0) is 6.42 Å². The molecule has 3 nitrogen and oxygen atoms in total. The molecule has 0 radical (unpaired) electrons. The van der Waals surface area contributed by atoms with Crippen LogP contribution in [0.2, 0.25) is 0 Å². The van der Waals surface area contributed by atoms with E-state index in [1.54, 1.807) is 6.92 Å². The number of aliphatic hydroxyl groups excluding tert-OH is 1. The predicted molar refractivity (Wildman–Crippen MR) is 96.2 cm³/mol. The van der Waals surface area contributed by atoms with Crippen molar-refractivity contribution < 1.29 is 14.6 Å². The van der Waals surface area contributed by atoms with E-state index >= 15 is 0 Å². The average Bonchev–Trinajstić information content (AvgIpc) is 2.54. The van der Waals surface area contributed by atoms with Gasteiger partial charge in [0, 0.05) is 17.5 Å². The molecule has 1 N–H and O–H groups in total. The van der Waals surface area contributed by atoms with Crippen molar-refractivity contribution in [2.45, 2.75) is 38.9 Å². The zero-order chi connectivity index (χ0) is 17.3. The number of aliphatic hydroxyl groups is 1. The third kappa shape index (κ3) is 3.26. The highest BCUT2D eigenvalue weighted by molar-refractivity contribution is 5.95. The zero-order valence-corrected chi connectivity index (χ0v) is 14.2. The maximum Gasteiger partial charge on any atom is 0.159 e. The fraction of sp³-hybridized carbons (Fsp3) is 0.286. The van der Waals surface area contributed by atoms with E-state index in [1.807, 2.05) is 68.5 Å². The Morgan fingerprint density at radius 2 is 1.92 bits per heavy atom. The SMILES string of the molecule is CC(=O)c1cc(/C=C/c2ccccc2)c2c(c1)C[C@@H](O)C(C)(C)O2. The van der Waals surface area contributed by atoms with Gasteiger partial charge in [0.15, 0.2) is 5.78 Å². The number of benzene rings is 2. The average molecular weight is 322 g/mol. The van der Waals surface area contributed by atoms with Crippen molar-refractivity contribution in [1.82, 2.24) is 0 Å². The summed E-state index contributed by atoms with van der Waals surface area (Å²) in [4.78, 5) is 11.8. The number of ether oxygens (including phenoxy) is 1. The van der Waals surface area contributed by atoms with E-state index in [0.717, 1.165) is 22.4 Å². The molecule has 3 heteroatoms. The van der Waals surface area contributed by atoms with E-state index in [0.29, 0.717) is 12.0 Å². The lowest BCUT2D eigenvalue weighted by molar-refractivity contribution is -0.0412. The van der Waals surface area contributed by atoms with Crippen molar-refractivity contribution in [3.63, 3.8) is 0 Å². The highest BCUT2D eigenvalue weighted by atomic mass is 16.5. The summed E-state index contributed by atoms with van der Waals surface area (Å²) in [6.45, 7) is 5.31. The minimum atomic E-state index is -0.653. The van der Waals surface area contributed by atoms with Crippen LogP contribution < -0.4 is 4.74 Å². The Balaban J connectivity index is 2.07. The van der Waals surface area contributed by atoms with Gasteiger partial charge in [-0.15, -0.1) is 0 Å². The van der Waals surface area contributed by atoms with Crippen molar-refractivity contribution in [1.29, 1.82) is 0 Å². The monoisotopic (exact) mass is 322 g/mol. The number of carbonyl (C=O) groups is 1. The van der Waals surface area contributed by atoms with Gasteiger partial charge in [-0.05, 0) is 44.0 Å². The van der Waals surface area contributed by atoms with Crippen LogP contribution in [-0.4, -0.2) is 22.6 Å². The maximum absolute atomic E-state index is 11.8. The van der Waals surface area contributed by atoms with Crippen LogP contribution in [0.15, 0.2) is 42.5 Å². The van der Waals surface area contributed by atoms with Crippen molar-refractivity contribution in [2.24, 2.45) is 0 Å².